The van der Waals surface area contributed by atoms with Gasteiger partial charge in [0.1, 0.15) is 5.82 Å². The zero-order valence-corrected chi connectivity index (χ0v) is 17.9. The summed E-state index contributed by atoms with van der Waals surface area (Å²) >= 11 is 0. The van der Waals surface area contributed by atoms with Crippen LogP contribution in [0.4, 0.5) is 10.1 Å². The Labute approximate surface area is 181 Å². The van der Waals surface area contributed by atoms with E-state index in [9.17, 15) is 18.8 Å². The molecular weight excluding hydrogens is 399 g/mol. The van der Waals surface area contributed by atoms with E-state index in [0.717, 1.165) is 13.1 Å². The van der Waals surface area contributed by atoms with Crippen molar-refractivity contribution >= 4 is 23.3 Å². The lowest BCUT2D eigenvalue weighted by molar-refractivity contribution is -0.152. The van der Waals surface area contributed by atoms with Crippen LogP contribution < -0.4 is 4.90 Å². The predicted molar refractivity (Wildman–Crippen MR) is 116 cm³/mol. The van der Waals surface area contributed by atoms with Crippen molar-refractivity contribution in [3.8, 4) is 0 Å². The number of rotatable bonds is 7. The third-order valence-electron chi connectivity index (χ3n) is 5.63. The van der Waals surface area contributed by atoms with Crippen LogP contribution in [0.15, 0.2) is 42.5 Å². The number of anilines is 1. The lowest BCUT2D eigenvalue weighted by Gasteiger charge is -2.37. The molecule has 1 saturated heterocycles. The number of piperazine rings is 1. The van der Waals surface area contributed by atoms with Crippen LogP contribution in [0.25, 0.3) is 0 Å². The molecule has 0 aromatic heterocycles. The number of ketones is 1. The van der Waals surface area contributed by atoms with Gasteiger partial charge in [0.05, 0.1) is 6.42 Å². The maximum Gasteiger partial charge on any atom is 0.306 e. The van der Waals surface area contributed by atoms with E-state index in [1.807, 2.05) is 6.07 Å². The molecule has 1 aliphatic heterocycles. The van der Waals surface area contributed by atoms with Crippen molar-refractivity contribution in [3.05, 3.63) is 65.0 Å². The molecule has 0 saturated carbocycles. The first-order valence-corrected chi connectivity index (χ1v) is 10.4. The Balaban J connectivity index is 1.40. The van der Waals surface area contributed by atoms with Gasteiger partial charge in [-0.05, 0) is 55.3 Å². The number of halogens is 1. The molecule has 1 amide bonds. The third-order valence-corrected chi connectivity index (χ3v) is 5.63. The lowest BCUT2D eigenvalue weighted by atomic mass is 10.1. The molecule has 0 aliphatic carbocycles. The summed E-state index contributed by atoms with van der Waals surface area (Å²) in [4.78, 5) is 40.3. The standard InChI is InChI=1S/C24H27FN2O4/c1-17-4-3-5-21(18(17)2)26-12-14-27(15-13-26)23(29)16-31-24(30)11-10-22(28)19-6-8-20(25)9-7-19/h3-9H,10-16H2,1-2H3. The van der Waals surface area contributed by atoms with Gasteiger partial charge in [0.15, 0.2) is 12.4 Å². The highest BCUT2D eigenvalue weighted by Gasteiger charge is 2.23. The molecule has 1 aliphatic rings. The Morgan fingerprint density at radius 2 is 1.61 bits per heavy atom. The van der Waals surface area contributed by atoms with Gasteiger partial charge in [-0.25, -0.2) is 4.39 Å². The summed E-state index contributed by atoms with van der Waals surface area (Å²) in [5.74, 6) is -1.54. The van der Waals surface area contributed by atoms with E-state index >= 15 is 0 Å². The lowest BCUT2D eigenvalue weighted by Crippen LogP contribution is -2.50. The molecule has 0 radical (unpaired) electrons. The smallest absolute Gasteiger partial charge is 0.306 e. The Hall–Kier alpha value is -3.22. The number of nitrogens with zero attached hydrogens (tertiary/aromatic N) is 2. The van der Waals surface area contributed by atoms with Gasteiger partial charge >= 0.3 is 5.97 Å². The van der Waals surface area contributed by atoms with Gasteiger partial charge in [0, 0.05) is 43.9 Å². The first-order chi connectivity index (χ1) is 14.8. The number of carbonyl (C=O) groups excluding carboxylic acids is 3. The topological polar surface area (TPSA) is 66.9 Å². The van der Waals surface area contributed by atoms with Crippen LogP contribution >= 0.6 is 0 Å². The molecule has 3 rings (SSSR count). The molecule has 2 aromatic carbocycles. The second-order valence-electron chi connectivity index (χ2n) is 7.68. The van der Waals surface area contributed by atoms with Crippen LogP contribution in [0.5, 0.6) is 0 Å². The van der Waals surface area contributed by atoms with Crippen molar-refractivity contribution < 1.29 is 23.5 Å². The van der Waals surface area contributed by atoms with Gasteiger partial charge in [-0.2, -0.15) is 0 Å². The van der Waals surface area contributed by atoms with E-state index < -0.39 is 11.8 Å². The van der Waals surface area contributed by atoms with E-state index in [1.54, 1.807) is 4.90 Å². The molecule has 164 valence electrons. The average molecular weight is 426 g/mol. The number of benzene rings is 2. The Morgan fingerprint density at radius 1 is 0.935 bits per heavy atom. The summed E-state index contributed by atoms with van der Waals surface area (Å²) in [6.07, 6.45) is -0.170. The molecule has 0 bridgehead atoms. The maximum absolute atomic E-state index is 12.9. The second kappa shape index (κ2) is 10.2. The minimum absolute atomic E-state index is 0.0484. The third kappa shape index (κ3) is 5.90. The van der Waals surface area contributed by atoms with Crippen LogP contribution in [0, 0.1) is 19.7 Å². The molecule has 31 heavy (non-hydrogen) atoms. The molecule has 2 aromatic rings. The van der Waals surface area contributed by atoms with Crippen molar-refractivity contribution in [1.82, 2.24) is 4.90 Å². The minimum atomic E-state index is -0.599. The van der Waals surface area contributed by atoms with Gasteiger partial charge in [-0.15, -0.1) is 0 Å². The zero-order valence-electron chi connectivity index (χ0n) is 17.9. The molecule has 1 fully saturated rings. The van der Waals surface area contributed by atoms with Crippen LogP contribution in [-0.4, -0.2) is 55.3 Å². The van der Waals surface area contributed by atoms with Crippen molar-refractivity contribution in [2.75, 3.05) is 37.7 Å². The fraction of sp³-hybridized carbons (Fsp3) is 0.375. The SMILES string of the molecule is Cc1cccc(N2CCN(C(=O)COC(=O)CCC(=O)c3ccc(F)cc3)CC2)c1C. The zero-order chi connectivity index (χ0) is 22.4. The summed E-state index contributed by atoms with van der Waals surface area (Å²) in [6.45, 7) is 6.42. The number of esters is 1. The molecule has 0 atom stereocenters. The highest BCUT2D eigenvalue weighted by molar-refractivity contribution is 5.97. The number of Topliss-reactive ketones (excluding diaryl/α,β-unsaturated/α-hetero) is 1. The van der Waals surface area contributed by atoms with Gasteiger partial charge in [-0.1, -0.05) is 12.1 Å². The molecule has 0 spiro atoms. The average Bonchev–Trinajstić information content (AvgIpc) is 2.78. The van der Waals surface area contributed by atoms with Crippen molar-refractivity contribution in [2.24, 2.45) is 0 Å². The van der Waals surface area contributed by atoms with Gasteiger partial charge in [0.2, 0.25) is 0 Å². The largest absolute Gasteiger partial charge is 0.456 e. The first-order valence-electron chi connectivity index (χ1n) is 10.4. The Morgan fingerprint density at radius 3 is 2.29 bits per heavy atom. The van der Waals surface area contributed by atoms with E-state index in [-0.39, 0.29) is 31.1 Å². The van der Waals surface area contributed by atoms with Gasteiger partial charge in [-0.3, -0.25) is 14.4 Å². The highest BCUT2D eigenvalue weighted by atomic mass is 19.1. The summed E-state index contributed by atoms with van der Waals surface area (Å²) in [6, 6.07) is 11.4. The molecule has 6 nitrogen and oxygen atoms in total. The Bertz CT molecular complexity index is 951. The summed E-state index contributed by atoms with van der Waals surface area (Å²) in [5, 5.41) is 0. The molecule has 1 heterocycles. The van der Waals surface area contributed by atoms with Crippen LogP contribution in [0.2, 0.25) is 0 Å². The molecule has 0 unspecified atom stereocenters. The highest BCUT2D eigenvalue weighted by Crippen LogP contribution is 2.23. The summed E-state index contributed by atoms with van der Waals surface area (Å²) < 4.78 is 18.0. The number of aryl methyl sites for hydroxylation is 1. The van der Waals surface area contributed by atoms with E-state index in [4.69, 9.17) is 4.74 Å². The first kappa shape index (κ1) is 22.5. The van der Waals surface area contributed by atoms with Gasteiger partial charge in [0.25, 0.3) is 5.91 Å². The molecule has 0 N–H and O–H groups in total. The monoisotopic (exact) mass is 426 g/mol. The van der Waals surface area contributed by atoms with E-state index in [0.29, 0.717) is 18.7 Å². The van der Waals surface area contributed by atoms with E-state index in [2.05, 4.69) is 30.9 Å². The van der Waals surface area contributed by atoms with Crippen LogP contribution in [-0.2, 0) is 14.3 Å². The number of hydrogen-bond donors (Lipinski definition) is 0. The van der Waals surface area contributed by atoms with Crippen LogP contribution in [0.3, 0.4) is 0 Å². The quantitative estimate of drug-likeness (QED) is 0.502. The van der Waals surface area contributed by atoms with Crippen molar-refractivity contribution in [1.29, 1.82) is 0 Å². The fourth-order valence-corrected chi connectivity index (χ4v) is 3.58. The predicted octanol–water partition coefficient (Wildman–Crippen LogP) is 3.30. The fourth-order valence-electron chi connectivity index (χ4n) is 3.58. The molecule has 7 heteroatoms. The maximum atomic E-state index is 12.9. The number of carbonyl (C=O) groups is 3. The van der Waals surface area contributed by atoms with Crippen LogP contribution in [0.1, 0.15) is 34.3 Å². The second-order valence-corrected chi connectivity index (χ2v) is 7.68. The number of amides is 1. The normalized spacial score (nSPS) is 13.8. The van der Waals surface area contributed by atoms with Crippen molar-refractivity contribution in [2.45, 2.75) is 26.7 Å². The minimum Gasteiger partial charge on any atom is -0.456 e. The Kier molecular flexibility index (Phi) is 7.39. The number of ether oxygens (including phenoxy) is 1. The van der Waals surface area contributed by atoms with Gasteiger partial charge < -0.3 is 14.5 Å². The van der Waals surface area contributed by atoms with E-state index in [1.165, 1.54) is 41.1 Å². The number of hydrogen-bond acceptors (Lipinski definition) is 5. The molecular formula is C24H27FN2O4. The van der Waals surface area contributed by atoms with Crippen molar-refractivity contribution in [3.63, 3.8) is 0 Å². The summed E-state index contributed by atoms with van der Waals surface area (Å²) in [7, 11) is 0. The summed E-state index contributed by atoms with van der Waals surface area (Å²) in [5.41, 5.74) is 4.00.